The van der Waals surface area contributed by atoms with Gasteiger partial charge in [-0.05, 0) is 57.8 Å². The van der Waals surface area contributed by atoms with Gasteiger partial charge < -0.3 is 14.2 Å². The fourth-order valence-electron chi connectivity index (χ4n) is 11.1. The predicted molar refractivity (Wildman–Crippen MR) is 358 cm³/mol. The van der Waals surface area contributed by atoms with Crippen LogP contribution in [0.25, 0.3) is 0 Å². The number of carbonyl (C=O) groups excluding carboxylic acids is 3. The quantitative estimate of drug-likeness (QED) is 0.0261. The van der Waals surface area contributed by atoms with Gasteiger partial charge in [0, 0.05) is 19.3 Å². The lowest BCUT2D eigenvalue weighted by molar-refractivity contribution is -0.167. The van der Waals surface area contributed by atoms with Crippen LogP contribution >= 0.6 is 0 Å². The molecule has 0 saturated heterocycles. The van der Waals surface area contributed by atoms with E-state index in [2.05, 4.69) is 69.4 Å². The van der Waals surface area contributed by atoms with Crippen LogP contribution in [0.3, 0.4) is 0 Å². The van der Waals surface area contributed by atoms with Crippen LogP contribution in [0.15, 0.2) is 48.6 Å². The zero-order valence-electron chi connectivity index (χ0n) is 55.3. The van der Waals surface area contributed by atoms with E-state index in [1.807, 2.05) is 0 Å². The molecule has 0 aromatic carbocycles. The molecule has 6 heteroatoms. The molecule has 0 aromatic heterocycles. The number of esters is 3. The molecule has 0 aliphatic heterocycles. The van der Waals surface area contributed by atoms with Crippen LogP contribution in [0.2, 0.25) is 0 Å². The zero-order valence-corrected chi connectivity index (χ0v) is 55.3. The zero-order chi connectivity index (χ0) is 59.2. The van der Waals surface area contributed by atoms with E-state index in [1.165, 1.54) is 276 Å². The number of ether oxygens (including phenoxy) is 3. The van der Waals surface area contributed by atoms with Crippen LogP contribution in [-0.4, -0.2) is 37.2 Å². The Labute approximate surface area is 511 Å². The van der Waals surface area contributed by atoms with Crippen LogP contribution in [-0.2, 0) is 28.6 Å². The van der Waals surface area contributed by atoms with Gasteiger partial charge >= 0.3 is 17.9 Å². The number of hydrogen-bond acceptors (Lipinski definition) is 6. The van der Waals surface area contributed by atoms with E-state index in [1.54, 1.807) is 0 Å². The summed E-state index contributed by atoms with van der Waals surface area (Å²) in [6.07, 6.45) is 90.3. The second-order valence-corrected chi connectivity index (χ2v) is 24.8. The lowest BCUT2D eigenvalue weighted by atomic mass is 10.0. The van der Waals surface area contributed by atoms with Gasteiger partial charge in [0.25, 0.3) is 0 Å². The maximum absolute atomic E-state index is 12.9. The minimum absolute atomic E-state index is 0.0655. The summed E-state index contributed by atoms with van der Waals surface area (Å²) in [6, 6.07) is 0. The van der Waals surface area contributed by atoms with Gasteiger partial charge in [-0.15, -0.1) is 0 Å². The highest BCUT2D eigenvalue weighted by Crippen LogP contribution is 2.19. The molecule has 0 aromatic rings. The third kappa shape index (κ3) is 68.2. The first-order valence-corrected chi connectivity index (χ1v) is 36.6. The fraction of sp³-hybridized carbons (Fsp3) is 0.855. The van der Waals surface area contributed by atoms with Crippen molar-refractivity contribution in [3.8, 4) is 0 Å². The molecular weight excluding hydrogens is 1010 g/mol. The molecule has 0 amide bonds. The minimum atomic E-state index is -0.767. The first kappa shape index (κ1) is 79.4. The Hall–Kier alpha value is -2.63. The molecule has 0 radical (unpaired) electrons. The average Bonchev–Trinajstić information content (AvgIpc) is 3.48. The molecule has 0 aliphatic rings. The Bertz CT molecular complexity index is 1410. The van der Waals surface area contributed by atoms with Crippen molar-refractivity contribution < 1.29 is 28.6 Å². The van der Waals surface area contributed by atoms with Gasteiger partial charge in [0.15, 0.2) is 6.10 Å². The Kier molecular flexibility index (Phi) is 68.6. The Morgan fingerprint density at radius 1 is 0.256 bits per heavy atom. The van der Waals surface area contributed by atoms with Crippen molar-refractivity contribution in [1.29, 1.82) is 0 Å². The monoisotopic (exact) mass is 1150 g/mol. The summed E-state index contributed by atoms with van der Waals surface area (Å²) in [5.74, 6) is -0.838. The molecule has 0 heterocycles. The van der Waals surface area contributed by atoms with Crippen molar-refractivity contribution >= 4 is 17.9 Å². The van der Waals surface area contributed by atoms with Crippen LogP contribution in [0.5, 0.6) is 0 Å². The summed E-state index contributed by atoms with van der Waals surface area (Å²) in [7, 11) is 0. The first-order valence-electron chi connectivity index (χ1n) is 36.6. The van der Waals surface area contributed by atoms with Crippen LogP contribution in [0.1, 0.15) is 400 Å². The number of rotatable bonds is 68. The topological polar surface area (TPSA) is 78.9 Å². The van der Waals surface area contributed by atoms with Crippen molar-refractivity contribution in [2.45, 2.75) is 406 Å². The number of carbonyl (C=O) groups is 3. The maximum Gasteiger partial charge on any atom is 0.306 e. The van der Waals surface area contributed by atoms with E-state index in [9.17, 15) is 14.4 Å². The SMILES string of the molecule is CC/C=C\C/C=C\C/C=C\C/C=C\CCCCCCCCCCCCCCCCCCCCC(=O)OCC(COC(=O)CCCCCCCCCCC)OC(=O)CCCCCCCCCCCCCCCCCCCCCCCCCC. The van der Waals surface area contributed by atoms with Crippen molar-refractivity contribution in [3.05, 3.63) is 48.6 Å². The van der Waals surface area contributed by atoms with Crippen LogP contribution < -0.4 is 0 Å². The van der Waals surface area contributed by atoms with E-state index < -0.39 is 6.10 Å². The summed E-state index contributed by atoms with van der Waals surface area (Å²) in [6.45, 7) is 6.58. The molecule has 0 rings (SSSR count). The van der Waals surface area contributed by atoms with Crippen LogP contribution in [0, 0.1) is 0 Å². The number of hydrogen-bond donors (Lipinski definition) is 0. The summed E-state index contributed by atoms with van der Waals surface area (Å²) in [4.78, 5) is 38.3. The van der Waals surface area contributed by atoms with Gasteiger partial charge in [0.1, 0.15) is 13.2 Å². The van der Waals surface area contributed by atoms with Gasteiger partial charge in [-0.2, -0.15) is 0 Å². The number of allylic oxidation sites excluding steroid dienone is 8. The molecule has 6 nitrogen and oxygen atoms in total. The highest BCUT2D eigenvalue weighted by atomic mass is 16.6. The molecule has 0 saturated carbocycles. The average molecular weight is 1150 g/mol. The van der Waals surface area contributed by atoms with Crippen molar-refractivity contribution in [2.75, 3.05) is 13.2 Å². The summed E-state index contributed by atoms with van der Waals surface area (Å²) in [5.41, 5.74) is 0. The van der Waals surface area contributed by atoms with Gasteiger partial charge in [-0.1, -0.05) is 371 Å². The molecule has 1 unspecified atom stereocenters. The molecule has 0 aliphatic carbocycles. The molecule has 0 spiro atoms. The molecule has 1 atom stereocenters. The Balaban J connectivity index is 4.06. The highest BCUT2D eigenvalue weighted by molar-refractivity contribution is 5.71. The van der Waals surface area contributed by atoms with Gasteiger partial charge in [0.2, 0.25) is 0 Å². The second-order valence-electron chi connectivity index (χ2n) is 24.8. The molecule has 0 N–H and O–H groups in total. The lowest BCUT2D eigenvalue weighted by Gasteiger charge is -2.18. The molecule has 0 fully saturated rings. The second kappa shape index (κ2) is 70.9. The third-order valence-corrected chi connectivity index (χ3v) is 16.6. The largest absolute Gasteiger partial charge is 0.462 e. The molecule has 82 heavy (non-hydrogen) atoms. The first-order chi connectivity index (χ1) is 40.5. The van der Waals surface area contributed by atoms with Gasteiger partial charge in [-0.25, -0.2) is 0 Å². The smallest absolute Gasteiger partial charge is 0.306 e. The summed E-state index contributed by atoms with van der Waals surface area (Å²) in [5, 5.41) is 0. The summed E-state index contributed by atoms with van der Waals surface area (Å²) < 4.78 is 17.0. The predicted octanol–water partition coefficient (Wildman–Crippen LogP) is 25.3. The molecule has 0 bridgehead atoms. The van der Waals surface area contributed by atoms with E-state index in [0.717, 1.165) is 83.5 Å². The van der Waals surface area contributed by atoms with Gasteiger partial charge in [0.05, 0.1) is 0 Å². The summed E-state index contributed by atoms with van der Waals surface area (Å²) >= 11 is 0. The van der Waals surface area contributed by atoms with Crippen molar-refractivity contribution in [1.82, 2.24) is 0 Å². The minimum Gasteiger partial charge on any atom is -0.462 e. The number of unbranched alkanes of at least 4 members (excludes halogenated alkanes) is 49. The van der Waals surface area contributed by atoms with E-state index in [4.69, 9.17) is 14.2 Å². The maximum atomic E-state index is 12.9. The molecular formula is C76H140O6. The van der Waals surface area contributed by atoms with Crippen LogP contribution in [0.4, 0.5) is 0 Å². The van der Waals surface area contributed by atoms with E-state index in [-0.39, 0.29) is 31.1 Å². The standard InChI is InChI=1S/C76H140O6/c1-4-7-10-13-16-19-21-23-25-27-29-31-33-35-36-37-38-39-40-41-43-44-46-48-50-52-54-57-60-63-66-69-75(78)81-72-73(71-80-74(77)68-65-62-59-56-18-15-12-9-6-3)82-76(79)70-67-64-61-58-55-53-51-49-47-45-42-34-32-30-28-26-24-22-20-17-14-11-8-5-2/h7,10,16,19,23,25,29,31,73H,4-6,8-9,11-15,17-18,20-22,24,26-28,30,32-72H2,1-3H3/b10-7-,19-16-,25-23-,31-29-. The van der Waals surface area contributed by atoms with Crippen molar-refractivity contribution in [3.63, 3.8) is 0 Å². The Morgan fingerprint density at radius 3 is 0.744 bits per heavy atom. The molecule has 480 valence electrons. The normalized spacial score (nSPS) is 12.3. The fourth-order valence-corrected chi connectivity index (χ4v) is 11.1. The van der Waals surface area contributed by atoms with E-state index >= 15 is 0 Å². The highest BCUT2D eigenvalue weighted by Gasteiger charge is 2.19. The van der Waals surface area contributed by atoms with Crippen molar-refractivity contribution in [2.24, 2.45) is 0 Å². The third-order valence-electron chi connectivity index (χ3n) is 16.6. The van der Waals surface area contributed by atoms with E-state index in [0.29, 0.717) is 19.3 Å². The lowest BCUT2D eigenvalue weighted by Crippen LogP contribution is -2.30. The Morgan fingerprint density at radius 2 is 0.476 bits per heavy atom. The van der Waals surface area contributed by atoms with Gasteiger partial charge in [-0.3, -0.25) is 14.4 Å².